The Balaban J connectivity index is 1.92. The Morgan fingerprint density at radius 2 is 1.82 bits per heavy atom. The van der Waals surface area contributed by atoms with Crippen molar-refractivity contribution in [1.29, 1.82) is 0 Å². The number of benzene rings is 1. The lowest BCUT2D eigenvalue weighted by atomic mass is 9.82. The summed E-state index contributed by atoms with van der Waals surface area (Å²) in [5.41, 5.74) is 3.72. The Labute approximate surface area is 140 Å². The first-order chi connectivity index (χ1) is 10.7. The normalized spacial score (nSPS) is 16.1. The Hall–Kier alpha value is -0.630. The number of phenolic OH excluding ortho intramolecular Hbond substituents is 1. The van der Waals surface area contributed by atoms with Crippen molar-refractivity contribution in [1.82, 2.24) is 0 Å². The van der Waals surface area contributed by atoms with Gasteiger partial charge in [0.15, 0.2) is 0 Å². The number of thioether (sulfide) groups is 1. The predicted molar refractivity (Wildman–Crippen MR) is 99.2 cm³/mol. The molecule has 0 saturated heterocycles. The van der Waals surface area contributed by atoms with E-state index in [0.29, 0.717) is 11.7 Å². The number of hydrogen-bond donors (Lipinski definition) is 1. The maximum absolute atomic E-state index is 10.4. The van der Waals surface area contributed by atoms with Gasteiger partial charge < -0.3 is 5.11 Å². The van der Waals surface area contributed by atoms with Gasteiger partial charge in [-0.3, -0.25) is 0 Å². The van der Waals surface area contributed by atoms with Crippen LogP contribution >= 0.6 is 11.8 Å². The summed E-state index contributed by atoms with van der Waals surface area (Å²) in [7, 11) is 0. The Morgan fingerprint density at radius 3 is 2.55 bits per heavy atom. The number of rotatable bonds is 8. The summed E-state index contributed by atoms with van der Waals surface area (Å²) in [4.78, 5) is 0. The summed E-state index contributed by atoms with van der Waals surface area (Å²) in [5, 5.41) is 10.4. The van der Waals surface area contributed by atoms with Crippen LogP contribution in [0.25, 0.3) is 0 Å². The molecule has 0 bridgehead atoms. The fourth-order valence-corrected chi connectivity index (χ4v) is 4.53. The standard InChI is InChI=1S/C20H32OS/c1-3-4-12-22-13-8-9-17-14-16(2)20(21)19(15-17)18-10-6-5-7-11-18/h14-15,18,21H,3-13H2,1-2H3. The first kappa shape index (κ1) is 17.7. The molecule has 22 heavy (non-hydrogen) atoms. The molecule has 0 aliphatic heterocycles. The van der Waals surface area contributed by atoms with Gasteiger partial charge in [-0.15, -0.1) is 0 Å². The van der Waals surface area contributed by atoms with E-state index in [9.17, 15) is 5.11 Å². The molecule has 1 aliphatic carbocycles. The maximum Gasteiger partial charge on any atom is 0.121 e. The number of unbranched alkanes of at least 4 members (excludes halogenated alkanes) is 1. The number of phenols is 1. The van der Waals surface area contributed by atoms with Crippen molar-refractivity contribution in [3.8, 4) is 5.75 Å². The van der Waals surface area contributed by atoms with Gasteiger partial charge in [0, 0.05) is 0 Å². The quantitative estimate of drug-likeness (QED) is 0.574. The minimum absolute atomic E-state index is 0.563. The van der Waals surface area contributed by atoms with Crippen LogP contribution < -0.4 is 0 Å². The van der Waals surface area contributed by atoms with E-state index in [0.717, 1.165) is 12.0 Å². The highest BCUT2D eigenvalue weighted by molar-refractivity contribution is 7.99. The van der Waals surface area contributed by atoms with Crippen LogP contribution in [-0.4, -0.2) is 16.6 Å². The lowest BCUT2D eigenvalue weighted by Crippen LogP contribution is -2.06. The molecule has 0 radical (unpaired) electrons. The maximum atomic E-state index is 10.4. The number of aryl methyl sites for hydroxylation is 2. The van der Waals surface area contributed by atoms with Gasteiger partial charge in [0.1, 0.15) is 5.75 Å². The fourth-order valence-electron chi connectivity index (χ4n) is 3.48. The molecular formula is C20H32OS. The lowest BCUT2D eigenvalue weighted by Gasteiger charge is -2.24. The highest BCUT2D eigenvalue weighted by Gasteiger charge is 2.20. The van der Waals surface area contributed by atoms with Crippen molar-refractivity contribution in [3.05, 3.63) is 28.8 Å². The van der Waals surface area contributed by atoms with Gasteiger partial charge in [-0.2, -0.15) is 11.8 Å². The van der Waals surface area contributed by atoms with Crippen LogP contribution in [0.15, 0.2) is 12.1 Å². The van der Waals surface area contributed by atoms with Crippen LogP contribution in [0.3, 0.4) is 0 Å². The first-order valence-electron chi connectivity index (χ1n) is 9.12. The van der Waals surface area contributed by atoms with E-state index < -0.39 is 0 Å². The summed E-state index contributed by atoms with van der Waals surface area (Å²) >= 11 is 2.09. The monoisotopic (exact) mass is 320 g/mol. The Morgan fingerprint density at radius 1 is 1.09 bits per heavy atom. The predicted octanol–water partition coefficient (Wildman–Crippen LogP) is 6.21. The minimum atomic E-state index is 0.563. The van der Waals surface area contributed by atoms with E-state index in [1.54, 1.807) is 0 Å². The van der Waals surface area contributed by atoms with Gasteiger partial charge in [0.25, 0.3) is 0 Å². The molecule has 1 N–H and O–H groups in total. The molecule has 0 aromatic heterocycles. The van der Waals surface area contributed by atoms with Crippen molar-refractivity contribution < 1.29 is 5.11 Å². The van der Waals surface area contributed by atoms with Gasteiger partial charge in [-0.05, 0) is 73.1 Å². The summed E-state index contributed by atoms with van der Waals surface area (Å²) in [6, 6.07) is 4.49. The van der Waals surface area contributed by atoms with Crippen molar-refractivity contribution in [2.24, 2.45) is 0 Å². The zero-order valence-electron chi connectivity index (χ0n) is 14.4. The molecule has 2 heteroatoms. The molecular weight excluding hydrogens is 288 g/mol. The number of hydrogen-bond acceptors (Lipinski definition) is 2. The van der Waals surface area contributed by atoms with Crippen LogP contribution in [0.1, 0.15) is 80.9 Å². The number of aromatic hydroxyl groups is 1. The molecule has 2 rings (SSSR count). The second kappa shape index (κ2) is 9.50. The zero-order chi connectivity index (χ0) is 15.8. The van der Waals surface area contributed by atoms with E-state index in [1.165, 1.54) is 74.0 Å². The molecule has 1 aliphatic rings. The van der Waals surface area contributed by atoms with Gasteiger partial charge in [0.2, 0.25) is 0 Å². The molecule has 1 nitrogen and oxygen atoms in total. The van der Waals surface area contributed by atoms with Crippen LogP contribution in [0.5, 0.6) is 5.75 Å². The Bertz CT molecular complexity index is 449. The van der Waals surface area contributed by atoms with Crippen LogP contribution in [0.2, 0.25) is 0 Å². The molecule has 1 aromatic rings. The molecule has 0 unspecified atom stereocenters. The second-order valence-electron chi connectivity index (χ2n) is 6.75. The fraction of sp³-hybridized carbons (Fsp3) is 0.700. The molecule has 0 atom stereocenters. The first-order valence-corrected chi connectivity index (χ1v) is 10.3. The van der Waals surface area contributed by atoms with Gasteiger partial charge in [-0.25, -0.2) is 0 Å². The van der Waals surface area contributed by atoms with Crippen LogP contribution in [0, 0.1) is 6.92 Å². The van der Waals surface area contributed by atoms with Crippen LogP contribution in [-0.2, 0) is 6.42 Å². The van der Waals surface area contributed by atoms with Gasteiger partial charge in [0.05, 0.1) is 0 Å². The molecule has 1 saturated carbocycles. The highest BCUT2D eigenvalue weighted by Crippen LogP contribution is 2.39. The average Bonchev–Trinajstić information content (AvgIpc) is 2.54. The van der Waals surface area contributed by atoms with E-state index in [4.69, 9.17) is 0 Å². The minimum Gasteiger partial charge on any atom is -0.507 e. The largest absolute Gasteiger partial charge is 0.507 e. The van der Waals surface area contributed by atoms with Crippen molar-refractivity contribution >= 4 is 11.8 Å². The molecule has 1 fully saturated rings. The molecule has 1 aromatic carbocycles. The SMILES string of the molecule is CCCCSCCCc1cc(C)c(O)c(C2CCCCC2)c1. The molecule has 0 spiro atoms. The molecule has 124 valence electrons. The third-order valence-corrected chi connectivity index (χ3v) is 5.99. The third-order valence-electron chi connectivity index (χ3n) is 4.83. The zero-order valence-corrected chi connectivity index (χ0v) is 15.2. The molecule has 0 amide bonds. The van der Waals surface area contributed by atoms with E-state index in [-0.39, 0.29) is 0 Å². The molecule has 0 heterocycles. The van der Waals surface area contributed by atoms with Crippen molar-refractivity contribution in [2.45, 2.75) is 77.6 Å². The second-order valence-corrected chi connectivity index (χ2v) is 7.98. The summed E-state index contributed by atoms with van der Waals surface area (Å²) in [6.45, 7) is 4.31. The topological polar surface area (TPSA) is 20.2 Å². The smallest absolute Gasteiger partial charge is 0.121 e. The van der Waals surface area contributed by atoms with Crippen molar-refractivity contribution in [2.75, 3.05) is 11.5 Å². The highest BCUT2D eigenvalue weighted by atomic mass is 32.2. The van der Waals surface area contributed by atoms with E-state index in [2.05, 4.69) is 37.7 Å². The third kappa shape index (κ3) is 5.22. The summed E-state index contributed by atoms with van der Waals surface area (Å²) in [5.74, 6) is 3.72. The summed E-state index contributed by atoms with van der Waals surface area (Å²) in [6.07, 6.45) is 11.6. The Kier molecular flexibility index (Phi) is 7.65. The van der Waals surface area contributed by atoms with Gasteiger partial charge in [-0.1, -0.05) is 44.7 Å². The van der Waals surface area contributed by atoms with Crippen molar-refractivity contribution in [3.63, 3.8) is 0 Å². The van der Waals surface area contributed by atoms with Crippen LogP contribution in [0.4, 0.5) is 0 Å². The summed E-state index contributed by atoms with van der Waals surface area (Å²) < 4.78 is 0. The van der Waals surface area contributed by atoms with E-state index >= 15 is 0 Å². The van der Waals surface area contributed by atoms with Gasteiger partial charge >= 0.3 is 0 Å². The lowest BCUT2D eigenvalue weighted by molar-refractivity contribution is 0.412. The average molecular weight is 321 g/mol. The van der Waals surface area contributed by atoms with E-state index in [1.807, 2.05) is 0 Å².